The van der Waals surface area contributed by atoms with Gasteiger partial charge in [-0.1, -0.05) is 25.6 Å². The number of carbonyl (C=O) groups is 2. The molecule has 0 heterocycles. The van der Waals surface area contributed by atoms with Crippen LogP contribution in [0.3, 0.4) is 0 Å². The van der Waals surface area contributed by atoms with Crippen molar-refractivity contribution in [3.8, 4) is 22.6 Å². The normalized spacial score (nSPS) is 10.2. The zero-order valence-electron chi connectivity index (χ0n) is 16.5. The SMILES string of the molecule is C=CC(=O)OCCOc1ccc(-c2cc(F)c(OCCOC(=O)CC)c(F)c2)cc1. The van der Waals surface area contributed by atoms with Crippen LogP contribution in [0.2, 0.25) is 0 Å². The molecule has 0 fully saturated rings. The second kappa shape index (κ2) is 11.5. The number of benzene rings is 2. The summed E-state index contributed by atoms with van der Waals surface area (Å²) in [6, 6.07) is 8.86. The van der Waals surface area contributed by atoms with E-state index in [-0.39, 0.29) is 32.8 Å². The highest BCUT2D eigenvalue weighted by molar-refractivity contribution is 5.81. The number of esters is 2. The van der Waals surface area contributed by atoms with Crippen LogP contribution in [-0.4, -0.2) is 38.4 Å². The highest BCUT2D eigenvalue weighted by atomic mass is 19.1. The smallest absolute Gasteiger partial charge is 0.330 e. The van der Waals surface area contributed by atoms with Crippen molar-refractivity contribution < 1.29 is 37.3 Å². The van der Waals surface area contributed by atoms with E-state index in [1.165, 1.54) is 0 Å². The first-order valence-electron chi connectivity index (χ1n) is 9.24. The molecular weight excluding hydrogens is 398 g/mol. The van der Waals surface area contributed by atoms with E-state index in [9.17, 15) is 18.4 Å². The number of hydrogen-bond donors (Lipinski definition) is 0. The largest absolute Gasteiger partial charge is 0.490 e. The summed E-state index contributed by atoms with van der Waals surface area (Å²) >= 11 is 0. The Morgan fingerprint density at radius 2 is 1.50 bits per heavy atom. The maximum Gasteiger partial charge on any atom is 0.330 e. The Labute approximate surface area is 173 Å². The van der Waals surface area contributed by atoms with E-state index in [4.69, 9.17) is 18.9 Å². The first-order valence-corrected chi connectivity index (χ1v) is 9.24. The van der Waals surface area contributed by atoms with Gasteiger partial charge in [0.25, 0.3) is 0 Å². The molecule has 0 N–H and O–H groups in total. The summed E-state index contributed by atoms with van der Waals surface area (Å²) in [5, 5.41) is 0. The van der Waals surface area contributed by atoms with E-state index in [2.05, 4.69) is 6.58 Å². The monoisotopic (exact) mass is 420 g/mol. The van der Waals surface area contributed by atoms with Crippen LogP contribution in [0.4, 0.5) is 8.78 Å². The molecule has 2 rings (SSSR count). The summed E-state index contributed by atoms with van der Waals surface area (Å²) in [4.78, 5) is 22.0. The first-order chi connectivity index (χ1) is 14.4. The third kappa shape index (κ3) is 6.88. The third-order valence-corrected chi connectivity index (χ3v) is 3.83. The summed E-state index contributed by atoms with van der Waals surface area (Å²) in [7, 11) is 0. The van der Waals surface area contributed by atoms with Crippen molar-refractivity contribution in [2.45, 2.75) is 13.3 Å². The molecule has 0 radical (unpaired) electrons. The van der Waals surface area contributed by atoms with Gasteiger partial charge in [0.05, 0.1) is 0 Å². The second-order valence-electron chi connectivity index (χ2n) is 5.94. The van der Waals surface area contributed by atoms with E-state index < -0.39 is 29.3 Å². The number of halogens is 2. The Balaban J connectivity index is 1.94. The molecule has 6 nitrogen and oxygen atoms in total. The van der Waals surface area contributed by atoms with Crippen molar-refractivity contribution in [3.05, 3.63) is 60.7 Å². The van der Waals surface area contributed by atoms with Crippen LogP contribution in [0.5, 0.6) is 11.5 Å². The molecule has 160 valence electrons. The molecule has 0 atom stereocenters. The van der Waals surface area contributed by atoms with Crippen LogP contribution in [0.1, 0.15) is 13.3 Å². The van der Waals surface area contributed by atoms with E-state index in [0.717, 1.165) is 18.2 Å². The minimum atomic E-state index is -0.865. The number of carbonyl (C=O) groups excluding carboxylic acids is 2. The zero-order valence-corrected chi connectivity index (χ0v) is 16.5. The highest BCUT2D eigenvalue weighted by Crippen LogP contribution is 2.30. The predicted octanol–water partition coefficient (Wildman–Crippen LogP) is 4.07. The summed E-state index contributed by atoms with van der Waals surface area (Å²) in [6.07, 6.45) is 1.27. The van der Waals surface area contributed by atoms with Gasteiger partial charge in [0.15, 0.2) is 17.4 Å². The molecule has 0 spiro atoms. The number of hydrogen-bond acceptors (Lipinski definition) is 6. The van der Waals surface area contributed by atoms with E-state index in [0.29, 0.717) is 16.9 Å². The predicted molar refractivity (Wildman–Crippen MR) is 105 cm³/mol. The fraction of sp³-hybridized carbons (Fsp3) is 0.273. The second-order valence-corrected chi connectivity index (χ2v) is 5.94. The average Bonchev–Trinajstić information content (AvgIpc) is 2.75. The van der Waals surface area contributed by atoms with Crippen molar-refractivity contribution in [2.75, 3.05) is 26.4 Å². The van der Waals surface area contributed by atoms with Gasteiger partial charge in [0.1, 0.15) is 32.2 Å². The van der Waals surface area contributed by atoms with Crippen LogP contribution in [0.15, 0.2) is 49.1 Å². The molecular formula is C22H22F2O6. The van der Waals surface area contributed by atoms with Crippen molar-refractivity contribution in [3.63, 3.8) is 0 Å². The topological polar surface area (TPSA) is 71.1 Å². The van der Waals surface area contributed by atoms with Gasteiger partial charge < -0.3 is 18.9 Å². The van der Waals surface area contributed by atoms with Crippen LogP contribution >= 0.6 is 0 Å². The lowest BCUT2D eigenvalue weighted by atomic mass is 10.0. The molecule has 0 amide bonds. The summed E-state index contributed by atoms with van der Waals surface area (Å²) in [5.41, 5.74) is 0.892. The third-order valence-electron chi connectivity index (χ3n) is 3.83. The lowest BCUT2D eigenvalue weighted by molar-refractivity contribution is -0.144. The molecule has 0 aliphatic heterocycles. The fourth-order valence-electron chi connectivity index (χ4n) is 2.37. The molecule has 2 aromatic carbocycles. The molecule has 0 aliphatic carbocycles. The quantitative estimate of drug-likeness (QED) is 0.310. The highest BCUT2D eigenvalue weighted by Gasteiger charge is 2.14. The summed E-state index contributed by atoms with van der Waals surface area (Å²) in [5.74, 6) is -2.70. The Morgan fingerprint density at radius 3 is 2.10 bits per heavy atom. The molecule has 0 aliphatic rings. The van der Waals surface area contributed by atoms with Gasteiger partial charge in [0.2, 0.25) is 0 Å². The molecule has 2 aromatic rings. The fourth-order valence-corrected chi connectivity index (χ4v) is 2.37. The number of ether oxygens (including phenoxy) is 4. The minimum Gasteiger partial charge on any atom is -0.490 e. The van der Waals surface area contributed by atoms with E-state index in [1.807, 2.05) is 0 Å². The van der Waals surface area contributed by atoms with Crippen molar-refractivity contribution >= 4 is 11.9 Å². The molecule has 0 aromatic heterocycles. The summed E-state index contributed by atoms with van der Waals surface area (Å²) < 4.78 is 48.6. The molecule has 0 saturated heterocycles. The molecule has 0 unspecified atom stereocenters. The van der Waals surface area contributed by atoms with E-state index >= 15 is 0 Å². The Morgan fingerprint density at radius 1 is 0.900 bits per heavy atom. The molecule has 0 bridgehead atoms. The van der Waals surface area contributed by atoms with Crippen LogP contribution < -0.4 is 9.47 Å². The van der Waals surface area contributed by atoms with E-state index in [1.54, 1.807) is 31.2 Å². The minimum absolute atomic E-state index is 0.0716. The first kappa shape index (κ1) is 22.9. The van der Waals surface area contributed by atoms with Gasteiger partial charge in [-0.25, -0.2) is 13.6 Å². The van der Waals surface area contributed by atoms with Crippen molar-refractivity contribution in [2.24, 2.45) is 0 Å². The Hall–Kier alpha value is -3.42. The van der Waals surface area contributed by atoms with Gasteiger partial charge in [-0.15, -0.1) is 0 Å². The molecule has 0 saturated carbocycles. The average molecular weight is 420 g/mol. The van der Waals surface area contributed by atoms with Gasteiger partial charge in [-0.05, 0) is 35.4 Å². The van der Waals surface area contributed by atoms with Gasteiger partial charge >= 0.3 is 11.9 Å². The number of rotatable bonds is 11. The molecule has 30 heavy (non-hydrogen) atoms. The molecule has 8 heteroatoms. The maximum atomic E-state index is 14.3. The van der Waals surface area contributed by atoms with Gasteiger partial charge in [-0.2, -0.15) is 0 Å². The van der Waals surface area contributed by atoms with Crippen LogP contribution in [0.25, 0.3) is 11.1 Å². The Bertz CT molecular complexity index is 857. The van der Waals surface area contributed by atoms with Crippen molar-refractivity contribution in [1.82, 2.24) is 0 Å². The Kier molecular flexibility index (Phi) is 8.80. The lowest BCUT2D eigenvalue weighted by Crippen LogP contribution is -2.12. The zero-order chi connectivity index (χ0) is 21.9. The van der Waals surface area contributed by atoms with Crippen molar-refractivity contribution in [1.29, 1.82) is 0 Å². The standard InChI is InChI=1S/C22H22F2O6/c1-3-20(25)28-10-9-27-17-7-5-15(6-8-17)16-13-18(23)22(19(24)14-16)30-12-11-29-21(26)4-2/h3,5-8,13-14H,1,4,9-12H2,2H3. The van der Waals surface area contributed by atoms with Gasteiger partial charge in [0, 0.05) is 12.5 Å². The maximum absolute atomic E-state index is 14.3. The van der Waals surface area contributed by atoms with Crippen LogP contribution in [0, 0.1) is 11.6 Å². The lowest BCUT2D eigenvalue weighted by Gasteiger charge is -2.11. The van der Waals surface area contributed by atoms with Gasteiger partial charge in [-0.3, -0.25) is 4.79 Å². The van der Waals surface area contributed by atoms with Crippen LogP contribution in [-0.2, 0) is 19.1 Å². The summed E-state index contributed by atoms with van der Waals surface area (Å²) in [6.45, 7) is 4.90.